The summed E-state index contributed by atoms with van der Waals surface area (Å²) in [5.41, 5.74) is 12.7. The Labute approximate surface area is 123 Å². The number of nitrogens with zero attached hydrogens (tertiary/aromatic N) is 2. The summed E-state index contributed by atoms with van der Waals surface area (Å²) in [5, 5.41) is 4.15. The van der Waals surface area contributed by atoms with Crippen LogP contribution in [0.4, 0.5) is 0 Å². The van der Waals surface area contributed by atoms with Crippen LogP contribution in [0.3, 0.4) is 0 Å². The van der Waals surface area contributed by atoms with Crippen molar-refractivity contribution in [3.05, 3.63) is 47.8 Å². The van der Waals surface area contributed by atoms with Gasteiger partial charge in [-0.25, -0.2) is 0 Å². The van der Waals surface area contributed by atoms with Crippen LogP contribution >= 0.6 is 0 Å². The van der Waals surface area contributed by atoms with Crippen LogP contribution in [0.1, 0.15) is 35.4 Å². The topological polar surface area (TPSA) is 96.2 Å². The standard InChI is InChI=1S/C15H20N4O2/c1-3-13(16)14(11-8-18-19(2)9-11)21-12-6-4-10(5-7-12)15(17)20/h4-9,13-14H,3,16H2,1-2H3,(H2,17,20). The van der Waals surface area contributed by atoms with Gasteiger partial charge in [0.25, 0.3) is 0 Å². The number of aromatic nitrogens is 2. The van der Waals surface area contributed by atoms with E-state index in [-0.39, 0.29) is 12.1 Å². The molecule has 2 aromatic rings. The van der Waals surface area contributed by atoms with Crippen LogP contribution < -0.4 is 16.2 Å². The smallest absolute Gasteiger partial charge is 0.248 e. The third kappa shape index (κ3) is 3.61. The van der Waals surface area contributed by atoms with E-state index in [1.807, 2.05) is 20.2 Å². The number of carbonyl (C=O) groups excluding carboxylic acids is 1. The van der Waals surface area contributed by atoms with Crippen molar-refractivity contribution in [1.29, 1.82) is 0 Å². The number of rotatable bonds is 6. The van der Waals surface area contributed by atoms with Crippen LogP contribution in [0.15, 0.2) is 36.7 Å². The highest BCUT2D eigenvalue weighted by Crippen LogP contribution is 2.25. The van der Waals surface area contributed by atoms with Crippen LogP contribution in [0.2, 0.25) is 0 Å². The molecule has 0 spiro atoms. The van der Waals surface area contributed by atoms with E-state index in [4.69, 9.17) is 16.2 Å². The van der Waals surface area contributed by atoms with E-state index >= 15 is 0 Å². The molecule has 0 aliphatic rings. The molecule has 6 nitrogen and oxygen atoms in total. The third-order valence-corrected chi connectivity index (χ3v) is 3.32. The first kappa shape index (κ1) is 15.1. The number of carbonyl (C=O) groups is 1. The summed E-state index contributed by atoms with van der Waals surface area (Å²) in [4.78, 5) is 11.1. The Morgan fingerprint density at radius 3 is 2.52 bits per heavy atom. The van der Waals surface area contributed by atoms with Gasteiger partial charge in [-0.1, -0.05) is 6.92 Å². The Bertz CT molecular complexity index is 606. The van der Waals surface area contributed by atoms with Crippen molar-refractivity contribution < 1.29 is 9.53 Å². The number of amides is 1. The lowest BCUT2D eigenvalue weighted by molar-refractivity contribution is 0.1000. The average molecular weight is 288 g/mol. The maximum atomic E-state index is 11.1. The number of nitrogens with two attached hydrogens (primary N) is 2. The lowest BCUT2D eigenvalue weighted by atomic mass is 10.0. The molecule has 2 atom stereocenters. The molecule has 2 rings (SSSR count). The maximum Gasteiger partial charge on any atom is 0.248 e. The van der Waals surface area contributed by atoms with Crippen molar-refractivity contribution in [2.75, 3.05) is 0 Å². The Hall–Kier alpha value is -2.34. The second-order valence-corrected chi connectivity index (χ2v) is 4.95. The fourth-order valence-corrected chi connectivity index (χ4v) is 2.05. The average Bonchev–Trinajstić information content (AvgIpc) is 2.90. The normalized spacial score (nSPS) is 13.7. The molecule has 0 saturated carbocycles. The van der Waals surface area contributed by atoms with Crippen molar-refractivity contribution in [1.82, 2.24) is 9.78 Å². The highest BCUT2D eigenvalue weighted by molar-refractivity contribution is 5.92. The zero-order chi connectivity index (χ0) is 15.4. The fourth-order valence-electron chi connectivity index (χ4n) is 2.05. The molecular formula is C15H20N4O2. The molecule has 0 aliphatic heterocycles. The van der Waals surface area contributed by atoms with Gasteiger partial charge in [0.2, 0.25) is 5.91 Å². The minimum Gasteiger partial charge on any atom is -0.484 e. The van der Waals surface area contributed by atoms with E-state index in [0.717, 1.165) is 12.0 Å². The number of benzene rings is 1. The van der Waals surface area contributed by atoms with E-state index in [1.54, 1.807) is 35.1 Å². The maximum absolute atomic E-state index is 11.1. The molecule has 0 aliphatic carbocycles. The van der Waals surface area contributed by atoms with E-state index in [9.17, 15) is 4.79 Å². The van der Waals surface area contributed by atoms with E-state index < -0.39 is 5.91 Å². The molecule has 1 amide bonds. The van der Waals surface area contributed by atoms with Gasteiger partial charge in [-0.15, -0.1) is 0 Å². The number of ether oxygens (including phenoxy) is 1. The quantitative estimate of drug-likeness (QED) is 0.839. The molecule has 0 bridgehead atoms. The van der Waals surface area contributed by atoms with Crippen molar-refractivity contribution in [2.24, 2.45) is 18.5 Å². The van der Waals surface area contributed by atoms with Crippen LogP contribution in [-0.4, -0.2) is 21.7 Å². The van der Waals surface area contributed by atoms with E-state index in [1.165, 1.54) is 0 Å². The SMILES string of the molecule is CCC(N)C(Oc1ccc(C(N)=O)cc1)c1cnn(C)c1. The molecule has 1 aromatic carbocycles. The summed E-state index contributed by atoms with van der Waals surface area (Å²) < 4.78 is 7.68. The number of primary amides is 1. The molecule has 6 heteroatoms. The van der Waals surface area contributed by atoms with Crippen LogP contribution in [-0.2, 0) is 7.05 Å². The van der Waals surface area contributed by atoms with Crippen molar-refractivity contribution in [3.8, 4) is 5.75 Å². The first-order valence-corrected chi connectivity index (χ1v) is 6.82. The first-order valence-electron chi connectivity index (χ1n) is 6.82. The minimum atomic E-state index is -0.462. The fraction of sp³-hybridized carbons (Fsp3) is 0.333. The molecule has 1 heterocycles. The first-order chi connectivity index (χ1) is 10.0. The zero-order valence-corrected chi connectivity index (χ0v) is 12.2. The molecule has 0 fully saturated rings. The minimum absolute atomic E-state index is 0.148. The van der Waals surface area contributed by atoms with Gasteiger partial charge in [0, 0.05) is 30.4 Å². The van der Waals surface area contributed by atoms with Crippen LogP contribution in [0, 0.1) is 0 Å². The summed E-state index contributed by atoms with van der Waals surface area (Å²) >= 11 is 0. The van der Waals surface area contributed by atoms with Gasteiger partial charge in [-0.05, 0) is 30.7 Å². The lowest BCUT2D eigenvalue weighted by Crippen LogP contribution is -2.31. The molecule has 4 N–H and O–H groups in total. The second-order valence-electron chi connectivity index (χ2n) is 4.95. The molecule has 112 valence electrons. The summed E-state index contributed by atoms with van der Waals surface area (Å²) in [6.07, 6.45) is 4.12. The molecule has 21 heavy (non-hydrogen) atoms. The van der Waals surface area contributed by atoms with Gasteiger partial charge >= 0.3 is 0 Å². The molecule has 0 radical (unpaired) electrons. The van der Waals surface area contributed by atoms with Crippen LogP contribution in [0.25, 0.3) is 0 Å². The van der Waals surface area contributed by atoms with E-state index in [2.05, 4.69) is 5.10 Å². The number of hydrogen-bond donors (Lipinski definition) is 2. The highest BCUT2D eigenvalue weighted by atomic mass is 16.5. The van der Waals surface area contributed by atoms with Gasteiger partial charge in [0.05, 0.1) is 6.20 Å². The summed E-state index contributed by atoms with van der Waals surface area (Å²) in [5.74, 6) is 0.174. The molecular weight excluding hydrogens is 268 g/mol. The number of hydrogen-bond acceptors (Lipinski definition) is 4. The third-order valence-electron chi connectivity index (χ3n) is 3.32. The summed E-state index contributed by atoms with van der Waals surface area (Å²) in [6, 6.07) is 6.55. The molecule has 1 aromatic heterocycles. The van der Waals surface area contributed by atoms with Crippen molar-refractivity contribution in [2.45, 2.75) is 25.5 Å². The Kier molecular flexibility index (Phi) is 4.59. The molecule has 0 saturated heterocycles. The summed E-state index contributed by atoms with van der Waals surface area (Å²) in [7, 11) is 1.85. The van der Waals surface area contributed by atoms with Gasteiger partial charge in [0.1, 0.15) is 11.9 Å². The predicted octanol–water partition coefficient (Wildman–Crippen LogP) is 1.38. The molecule has 2 unspecified atom stereocenters. The van der Waals surface area contributed by atoms with Gasteiger partial charge in [-0.3, -0.25) is 9.48 Å². The lowest BCUT2D eigenvalue weighted by Gasteiger charge is -2.23. The van der Waals surface area contributed by atoms with Gasteiger partial charge in [-0.2, -0.15) is 5.10 Å². The monoisotopic (exact) mass is 288 g/mol. The van der Waals surface area contributed by atoms with Crippen molar-refractivity contribution >= 4 is 5.91 Å². The summed E-state index contributed by atoms with van der Waals surface area (Å²) in [6.45, 7) is 2.01. The largest absolute Gasteiger partial charge is 0.484 e. The van der Waals surface area contributed by atoms with Gasteiger partial charge < -0.3 is 16.2 Å². The van der Waals surface area contributed by atoms with Crippen LogP contribution in [0.5, 0.6) is 5.75 Å². The van der Waals surface area contributed by atoms with Crippen molar-refractivity contribution in [3.63, 3.8) is 0 Å². The Balaban J connectivity index is 2.20. The zero-order valence-electron chi connectivity index (χ0n) is 12.2. The highest BCUT2D eigenvalue weighted by Gasteiger charge is 2.22. The van der Waals surface area contributed by atoms with Gasteiger partial charge in [0.15, 0.2) is 0 Å². The van der Waals surface area contributed by atoms with E-state index in [0.29, 0.717) is 11.3 Å². The predicted molar refractivity (Wildman–Crippen MR) is 79.8 cm³/mol. The number of aryl methyl sites for hydroxylation is 1. The Morgan fingerprint density at radius 1 is 1.38 bits per heavy atom. The Morgan fingerprint density at radius 2 is 2.05 bits per heavy atom. The second kappa shape index (κ2) is 6.41.